The van der Waals surface area contributed by atoms with E-state index in [-0.39, 0.29) is 16.9 Å². The molecule has 138 valence electrons. The van der Waals surface area contributed by atoms with Crippen LogP contribution in [-0.2, 0) is 0 Å². The minimum atomic E-state index is -0.774. The smallest absolute Gasteiger partial charge is 0.275 e. The molecule has 7 nitrogen and oxygen atoms in total. The second-order valence-electron chi connectivity index (χ2n) is 5.42. The van der Waals surface area contributed by atoms with Crippen molar-refractivity contribution in [2.24, 2.45) is 0 Å². The molecule has 0 saturated carbocycles. The van der Waals surface area contributed by atoms with Crippen molar-refractivity contribution < 1.29 is 23.1 Å². The summed E-state index contributed by atoms with van der Waals surface area (Å²) in [6.07, 6.45) is 1.22. The predicted octanol–water partition coefficient (Wildman–Crippen LogP) is 3.20. The molecule has 0 fully saturated rings. The molecule has 1 aromatic heterocycles. The summed E-state index contributed by atoms with van der Waals surface area (Å²) in [6, 6.07) is 8.87. The molecule has 3 aromatic rings. The maximum Gasteiger partial charge on any atom is 0.275 e. The number of hydrogen-bond donors (Lipinski definition) is 3. The number of rotatable bonds is 5. The molecule has 0 aliphatic carbocycles. The molecule has 1 heterocycles. The lowest BCUT2D eigenvalue weighted by molar-refractivity contribution is 0.102. The highest BCUT2D eigenvalue weighted by Crippen LogP contribution is 2.20. The van der Waals surface area contributed by atoms with Crippen molar-refractivity contribution in [2.75, 3.05) is 17.7 Å². The molecule has 3 rings (SSSR count). The second-order valence-corrected chi connectivity index (χ2v) is 5.42. The molecule has 0 saturated heterocycles. The van der Waals surface area contributed by atoms with Crippen LogP contribution < -0.4 is 15.4 Å². The van der Waals surface area contributed by atoms with Crippen LogP contribution in [0.1, 0.15) is 20.8 Å². The molecule has 3 N–H and O–H groups in total. The van der Waals surface area contributed by atoms with Gasteiger partial charge < -0.3 is 15.4 Å². The van der Waals surface area contributed by atoms with Crippen molar-refractivity contribution in [1.82, 2.24) is 10.2 Å². The first-order chi connectivity index (χ1) is 13.0. The second kappa shape index (κ2) is 7.65. The van der Waals surface area contributed by atoms with Crippen molar-refractivity contribution in [3.05, 3.63) is 71.6 Å². The number of aromatic amines is 1. The first-order valence-corrected chi connectivity index (χ1v) is 7.73. The molecular formula is C18H14F2N4O3. The summed E-state index contributed by atoms with van der Waals surface area (Å²) >= 11 is 0. The zero-order valence-electron chi connectivity index (χ0n) is 14.0. The predicted molar refractivity (Wildman–Crippen MR) is 93.8 cm³/mol. The van der Waals surface area contributed by atoms with Crippen LogP contribution in [0.15, 0.2) is 48.7 Å². The molecule has 0 atom stereocenters. The fourth-order valence-electron chi connectivity index (χ4n) is 2.28. The number of anilines is 2. The Hall–Kier alpha value is -3.75. The summed E-state index contributed by atoms with van der Waals surface area (Å²) in [5.74, 6) is -2.26. The molecule has 2 amide bonds. The van der Waals surface area contributed by atoms with Crippen LogP contribution in [0.3, 0.4) is 0 Å². The number of H-pyrrole nitrogens is 1. The highest BCUT2D eigenvalue weighted by Gasteiger charge is 2.19. The Morgan fingerprint density at radius 1 is 1.04 bits per heavy atom. The normalized spacial score (nSPS) is 10.3. The molecule has 0 aliphatic rings. The third kappa shape index (κ3) is 4.09. The highest BCUT2D eigenvalue weighted by atomic mass is 19.1. The Morgan fingerprint density at radius 3 is 2.48 bits per heavy atom. The molecule has 27 heavy (non-hydrogen) atoms. The number of carbonyl (C=O) groups is 2. The standard InChI is InChI=1S/C18H14F2N4O3/c1-27-12-6-7-14(20)13(8-12)17(25)23-15-9-21-24-16(15)18(26)22-11-4-2-10(19)3-5-11/h2-9H,1H3,(H,21,24)(H,22,26)(H,23,25). The Kier molecular flexibility index (Phi) is 5.11. The summed E-state index contributed by atoms with van der Waals surface area (Å²) in [7, 11) is 1.39. The number of nitrogens with zero attached hydrogens (tertiary/aromatic N) is 1. The van der Waals surface area contributed by atoms with Gasteiger partial charge in [-0.05, 0) is 42.5 Å². The lowest BCUT2D eigenvalue weighted by atomic mass is 10.2. The molecule has 2 aromatic carbocycles. The maximum atomic E-state index is 13.9. The number of nitrogens with one attached hydrogen (secondary N) is 3. The molecule has 0 spiro atoms. The van der Waals surface area contributed by atoms with E-state index in [1.54, 1.807) is 0 Å². The van der Waals surface area contributed by atoms with Crippen LogP contribution >= 0.6 is 0 Å². The van der Waals surface area contributed by atoms with Gasteiger partial charge >= 0.3 is 0 Å². The van der Waals surface area contributed by atoms with E-state index in [4.69, 9.17) is 4.74 Å². The summed E-state index contributed by atoms with van der Waals surface area (Å²) in [6.45, 7) is 0. The number of amides is 2. The largest absolute Gasteiger partial charge is 0.497 e. The van der Waals surface area contributed by atoms with Crippen LogP contribution in [0.25, 0.3) is 0 Å². The number of aromatic nitrogens is 2. The van der Waals surface area contributed by atoms with E-state index in [0.29, 0.717) is 11.4 Å². The SMILES string of the molecule is COc1ccc(F)c(C(=O)Nc2cn[nH]c2C(=O)Nc2ccc(F)cc2)c1. The average molecular weight is 372 g/mol. The lowest BCUT2D eigenvalue weighted by Crippen LogP contribution is -2.18. The van der Waals surface area contributed by atoms with Crippen molar-refractivity contribution in [1.29, 1.82) is 0 Å². The van der Waals surface area contributed by atoms with Crippen LogP contribution in [0, 0.1) is 11.6 Å². The summed E-state index contributed by atoms with van der Waals surface area (Å²) in [5.41, 5.74) is 0.116. The van der Waals surface area contributed by atoms with Gasteiger partial charge in [0.25, 0.3) is 11.8 Å². The molecular weight excluding hydrogens is 358 g/mol. The van der Waals surface area contributed by atoms with Gasteiger partial charge in [0.1, 0.15) is 23.1 Å². The topological polar surface area (TPSA) is 96.1 Å². The van der Waals surface area contributed by atoms with Gasteiger partial charge in [-0.2, -0.15) is 5.10 Å². The van der Waals surface area contributed by atoms with Crippen LogP contribution in [0.4, 0.5) is 20.2 Å². The molecule has 0 bridgehead atoms. The Bertz CT molecular complexity index is 987. The van der Waals surface area contributed by atoms with E-state index in [0.717, 1.165) is 6.07 Å². The molecule has 9 heteroatoms. The average Bonchev–Trinajstić information content (AvgIpc) is 3.12. The van der Waals surface area contributed by atoms with E-state index in [1.165, 1.54) is 49.7 Å². The van der Waals surface area contributed by atoms with E-state index in [1.807, 2.05) is 0 Å². The van der Waals surface area contributed by atoms with Crippen molar-refractivity contribution in [3.63, 3.8) is 0 Å². The van der Waals surface area contributed by atoms with E-state index < -0.39 is 23.4 Å². The number of halogens is 2. The lowest BCUT2D eigenvalue weighted by Gasteiger charge is -2.09. The van der Waals surface area contributed by atoms with Gasteiger partial charge in [0, 0.05) is 5.69 Å². The maximum absolute atomic E-state index is 13.9. The quantitative estimate of drug-likeness (QED) is 0.641. The van der Waals surface area contributed by atoms with Crippen LogP contribution in [0.5, 0.6) is 5.75 Å². The van der Waals surface area contributed by atoms with Crippen molar-refractivity contribution in [3.8, 4) is 5.75 Å². The van der Waals surface area contributed by atoms with E-state index in [2.05, 4.69) is 20.8 Å². The van der Waals surface area contributed by atoms with Gasteiger partial charge in [-0.15, -0.1) is 0 Å². The third-order valence-electron chi connectivity index (χ3n) is 3.63. The number of methoxy groups -OCH3 is 1. The Morgan fingerprint density at radius 2 is 1.78 bits per heavy atom. The Balaban J connectivity index is 1.77. The monoisotopic (exact) mass is 372 g/mol. The summed E-state index contributed by atoms with van der Waals surface area (Å²) in [4.78, 5) is 24.7. The third-order valence-corrected chi connectivity index (χ3v) is 3.63. The minimum absolute atomic E-state index is 0.0454. The van der Waals surface area contributed by atoms with Gasteiger partial charge in [0.15, 0.2) is 0 Å². The van der Waals surface area contributed by atoms with Gasteiger partial charge in [-0.1, -0.05) is 0 Å². The summed E-state index contributed by atoms with van der Waals surface area (Å²) < 4.78 is 31.8. The van der Waals surface area contributed by atoms with Gasteiger partial charge in [-0.25, -0.2) is 8.78 Å². The molecule has 0 unspecified atom stereocenters. The first-order valence-electron chi connectivity index (χ1n) is 7.73. The van der Waals surface area contributed by atoms with E-state index in [9.17, 15) is 18.4 Å². The highest BCUT2D eigenvalue weighted by molar-refractivity contribution is 6.11. The van der Waals surface area contributed by atoms with Crippen LogP contribution in [0.2, 0.25) is 0 Å². The van der Waals surface area contributed by atoms with Crippen molar-refractivity contribution >= 4 is 23.2 Å². The molecule has 0 aliphatic heterocycles. The minimum Gasteiger partial charge on any atom is -0.497 e. The fraction of sp³-hybridized carbons (Fsp3) is 0.0556. The zero-order valence-corrected chi connectivity index (χ0v) is 14.0. The number of benzene rings is 2. The van der Waals surface area contributed by atoms with Gasteiger partial charge in [0.2, 0.25) is 0 Å². The number of ether oxygens (including phenoxy) is 1. The van der Waals surface area contributed by atoms with Crippen LogP contribution in [-0.4, -0.2) is 29.1 Å². The molecule has 0 radical (unpaired) electrons. The van der Waals surface area contributed by atoms with Gasteiger partial charge in [0.05, 0.1) is 24.6 Å². The van der Waals surface area contributed by atoms with E-state index >= 15 is 0 Å². The zero-order chi connectivity index (χ0) is 19.4. The number of carbonyl (C=O) groups excluding carboxylic acids is 2. The number of hydrogen-bond acceptors (Lipinski definition) is 4. The Labute approximate surface area is 152 Å². The fourth-order valence-corrected chi connectivity index (χ4v) is 2.28. The first kappa shape index (κ1) is 18.1. The van der Waals surface area contributed by atoms with Gasteiger partial charge in [-0.3, -0.25) is 14.7 Å². The van der Waals surface area contributed by atoms with Crippen molar-refractivity contribution in [2.45, 2.75) is 0 Å². The summed E-state index contributed by atoms with van der Waals surface area (Å²) in [5, 5.41) is 11.1.